The Bertz CT molecular complexity index is 1600. The fraction of sp³-hybridized carbons (Fsp3) is 0.772. The molecule has 534 valence electrons. The van der Waals surface area contributed by atoms with Gasteiger partial charge in [-0.1, -0.05) is 0 Å². The fourth-order valence-electron chi connectivity index (χ4n) is 7.81. The molecule has 30 nitrogen and oxygen atoms in total. The van der Waals surface area contributed by atoms with E-state index in [1.54, 1.807) is 11.8 Å². The Balaban J connectivity index is -0.0000000762. The number of halogens is 1. The first kappa shape index (κ1) is 112. The van der Waals surface area contributed by atoms with Gasteiger partial charge in [-0.25, -0.2) is 4.79 Å². The van der Waals surface area contributed by atoms with Crippen molar-refractivity contribution in [3.63, 3.8) is 0 Å². The number of carbonyl (C=O) groups excluding carboxylic acids is 8. The summed E-state index contributed by atoms with van der Waals surface area (Å²) in [7, 11) is 5.71. The van der Waals surface area contributed by atoms with E-state index in [1.165, 1.54) is 48.5 Å². The second kappa shape index (κ2) is 72.2. The van der Waals surface area contributed by atoms with Crippen molar-refractivity contribution in [3.8, 4) is 0 Å². The molecule has 0 amide bonds. The number of carboxylic acid groups (broad SMARTS) is 1. The molecule has 0 radical (unpaired) electrons. The van der Waals surface area contributed by atoms with Crippen molar-refractivity contribution in [1.82, 2.24) is 10.2 Å². The molecule has 0 aliphatic rings. The molecule has 0 aliphatic carbocycles. The molecule has 0 aromatic carbocycles. The Labute approximate surface area is 533 Å². The second-order valence-corrected chi connectivity index (χ2v) is 20.7. The lowest BCUT2D eigenvalue weighted by atomic mass is 10.2. The summed E-state index contributed by atoms with van der Waals surface area (Å²) in [6.45, 7) is 18.6. The maximum absolute atomic E-state index is 11.0. The molecule has 0 rings (SSSR count). The van der Waals surface area contributed by atoms with Crippen molar-refractivity contribution >= 4 is 64.8 Å². The highest BCUT2D eigenvalue weighted by Gasteiger charge is 2.31. The maximum atomic E-state index is 11.0. The number of rotatable bonds is 42. The molecule has 0 bridgehead atoms. The molecule has 0 heterocycles. The Hall–Kier alpha value is -3.84. The van der Waals surface area contributed by atoms with Gasteiger partial charge in [-0.05, 0) is 13.8 Å². The van der Waals surface area contributed by atoms with Crippen molar-refractivity contribution in [2.45, 2.75) is 55.4 Å². The first-order valence-corrected chi connectivity index (χ1v) is 27.3. The Morgan fingerprint density at radius 3 is 1.01 bits per heavy atom. The third-order valence-corrected chi connectivity index (χ3v) is 11.2. The van der Waals surface area contributed by atoms with Gasteiger partial charge in [0, 0.05) is 54.6 Å². The average Bonchev–Trinajstić information content (AvgIpc) is 3.31. The number of nitrogens with one attached hydrogen (secondary N) is 2. The van der Waals surface area contributed by atoms with E-state index in [-0.39, 0.29) is 223 Å². The normalized spacial score (nSPS) is 10.4. The molecule has 15 N–H and O–H groups in total. The molecule has 0 spiro atoms. The quantitative estimate of drug-likeness (QED) is 0.00889. The minimum absolute atomic E-state index is 0. The molecule has 0 saturated carbocycles. The number of ether oxygens (including phenoxy) is 1. The van der Waals surface area contributed by atoms with E-state index >= 15 is 0 Å². The topological polar surface area (TPSA) is 446 Å². The molecule has 0 aromatic rings. The van der Waals surface area contributed by atoms with Gasteiger partial charge in [-0.15, -0.1) is 12.4 Å². The van der Waals surface area contributed by atoms with Crippen LogP contribution in [0.4, 0.5) is 0 Å². The Morgan fingerprint density at radius 1 is 0.409 bits per heavy atom. The summed E-state index contributed by atoms with van der Waals surface area (Å²) in [6, 6.07) is 0. The number of Topliss-reactive ketones (excluding diaryl/α,β-unsaturated/α-hetero) is 7. The van der Waals surface area contributed by atoms with Crippen molar-refractivity contribution in [2.24, 2.45) is 0 Å². The third kappa shape index (κ3) is 84.2. The molecule has 0 aliphatic heterocycles. The monoisotopic (exact) mass is 1310 g/mol. The van der Waals surface area contributed by atoms with Gasteiger partial charge in [0.15, 0.2) is 35.5 Å². The summed E-state index contributed by atoms with van der Waals surface area (Å²) in [4.78, 5) is 98.5. The van der Waals surface area contributed by atoms with Crippen molar-refractivity contribution in [1.29, 1.82) is 0 Å². The van der Waals surface area contributed by atoms with Crippen LogP contribution in [0.1, 0.15) is 55.4 Å². The standard InChI is InChI=1S/C9H17NO5.C9H20NO4.C8H18NO3.2C7H15NO3.C7H16NO2.C6H11NO3.4CH3.ClH/c1-8(13)6-10(2-4-11,3-5-12)7-9(14)15;1-9(14)8-10(2-5-11,3-6-12)4-7-13;1-8(12)7-9(2,3-5-10)4-6-11;2*1-7(11)6-8(2-4-9)3-5-10;1-7(10)6-8(2,3)4-5-9;1-5(8)3-7-4-10-6(2)9;;;;;/h11-12H,2-7H2,1H3;11-13H,2-8H2,1H3;10-11H,3-7H2,1-2H3;2*9-10H,2-6H2,1H3;9H,4-6H2,1-3H3;7H,3-4H2,1-2H3;4*1H3;1H/q;2*+1;;;+1;;4*-1;/p+2. The molecule has 0 atom stereocenters. The second-order valence-electron chi connectivity index (χ2n) is 20.7. The average molecular weight is 1310 g/mol. The molecule has 0 unspecified atom stereocenters. The van der Waals surface area contributed by atoms with E-state index in [0.29, 0.717) is 101 Å². The van der Waals surface area contributed by atoms with Crippen LogP contribution < -0.4 is 10.2 Å². The summed E-state index contributed by atoms with van der Waals surface area (Å²) in [5.74, 6) is -1.15. The van der Waals surface area contributed by atoms with E-state index < -0.39 is 5.97 Å². The van der Waals surface area contributed by atoms with Crippen LogP contribution in [-0.4, -0.2) is 380 Å². The van der Waals surface area contributed by atoms with Gasteiger partial charge in [0.25, 0.3) is 0 Å². The zero-order valence-corrected chi connectivity index (χ0v) is 57.2. The van der Waals surface area contributed by atoms with Crippen LogP contribution in [0, 0.1) is 29.7 Å². The minimum atomic E-state index is -1.04. The fourth-order valence-corrected chi connectivity index (χ4v) is 7.81. The van der Waals surface area contributed by atoms with Gasteiger partial charge < -0.3 is 124 Å². The number of aliphatic carboxylic acids is 1. The van der Waals surface area contributed by atoms with Crippen LogP contribution >= 0.6 is 12.4 Å². The predicted octanol–water partition coefficient (Wildman–Crippen LogP) is -6.30. The Morgan fingerprint density at radius 2 is 0.750 bits per heavy atom. The van der Waals surface area contributed by atoms with Crippen LogP contribution in [0.2, 0.25) is 0 Å². The van der Waals surface area contributed by atoms with Gasteiger partial charge >= 0.3 is 11.9 Å². The predicted molar refractivity (Wildman–Crippen MR) is 339 cm³/mol. The number of hydrogen-bond donors (Lipinski definition) is 15. The number of nitrogens with zero attached hydrogens (tertiary/aromatic N) is 5. The number of likely N-dealkylation sites (N-methyl/N-ethyl adjacent to an activating group) is 2. The molecular weight excluding hydrogens is 1190 g/mol. The van der Waals surface area contributed by atoms with Crippen LogP contribution in [0.5, 0.6) is 0 Å². The first-order valence-electron chi connectivity index (χ1n) is 27.3. The van der Waals surface area contributed by atoms with Crippen molar-refractivity contribution in [3.05, 3.63) is 29.7 Å². The Kier molecular flexibility index (Phi) is 91.7. The molecule has 0 fully saturated rings. The highest BCUT2D eigenvalue weighted by molar-refractivity contribution is 5.85. The van der Waals surface area contributed by atoms with Gasteiger partial charge in [-0.2, -0.15) is 0 Å². The molecule has 88 heavy (non-hydrogen) atoms. The highest BCUT2D eigenvalue weighted by atomic mass is 35.5. The molecule has 31 heteroatoms. The number of ketones is 7. The minimum Gasteiger partial charge on any atom is -0.477 e. The lowest BCUT2D eigenvalue weighted by molar-refractivity contribution is -0.921. The van der Waals surface area contributed by atoms with E-state index in [1.807, 2.05) is 21.1 Å². The zero-order chi connectivity index (χ0) is 66.1. The van der Waals surface area contributed by atoms with Gasteiger partial charge in [0.2, 0.25) is 0 Å². The molecule has 0 aromatic heterocycles. The van der Waals surface area contributed by atoms with E-state index in [9.17, 15) is 43.2 Å². The number of aliphatic hydroxyl groups excluding tert-OH is 12. The third-order valence-electron chi connectivity index (χ3n) is 11.2. The number of carboxylic acids is 1. The van der Waals surface area contributed by atoms with E-state index in [0.717, 1.165) is 4.90 Å². The largest absolute Gasteiger partial charge is 0.477 e. The number of aliphatic hydroxyl groups is 12. The molecular formula is C57H127ClN7O23+. The summed E-state index contributed by atoms with van der Waals surface area (Å²) in [5, 5.41) is 116. The summed E-state index contributed by atoms with van der Waals surface area (Å²) >= 11 is 0. The van der Waals surface area contributed by atoms with Crippen LogP contribution in [0.3, 0.4) is 0 Å². The summed E-state index contributed by atoms with van der Waals surface area (Å²) in [6.07, 6.45) is 0. The number of carbonyl (C=O) groups is 9. The van der Waals surface area contributed by atoms with Gasteiger partial charge in [0.05, 0.1) is 114 Å². The number of esters is 1. The summed E-state index contributed by atoms with van der Waals surface area (Å²) < 4.78 is 5.65. The lowest BCUT2D eigenvalue weighted by Gasteiger charge is -2.36. The lowest BCUT2D eigenvalue weighted by Crippen LogP contribution is -3.13. The van der Waals surface area contributed by atoms with Crippen LogP contribution in [0.15, 0.2) is 0 Å². The van der Waals surface area contributed by atoms with Crippen LogP contribution in [0.25, 0.3) is 0 Å². The zero-order valence-electron chi connectivity index (χ0n) is 56.4. The SMILES string of the molecule is CC(=O)CN(CCO)CCO.CC(=O)CNCOC(C)=O.CC(=O)C[N+](C)(C)CCO.CC(=O)C[N+](C)(CCO)CCO.CC(=O)C[N+](CCO)(CCO)CC(=O)O.CC(=O)C[N+](CCO)(CCO)CCO.CC(=O)C[NH+](CCO)CCO.Cl.[CH3-].[CH3-].[CH3-].[CH3-]. The van der Waals surface area contributed by atoms with Crippen LogP contribution in [-0.2, 0) is 47.9 Å². The van der Waals surface area contributed by atoms with E-state index in [2.05, 4.69) is 10.1 Å². The van der Waals surface area contributed by atoms with Gasteiger partial charge in [-0.3, -0.25) is 48.6 Å². The van der Waals surface area contributed by atoms with Crippen molar-refractivity contribution < 1.29 is 137 Å². The highest BCUT2D eigenvalue weighted by Crippen LogP contribution is 2.07. The molecule has 0 saturated heterocycles. The smallest absolute Gasteiger partial charge is 0.359 e. The van der Waals surface area contributed by atoms with Gasteiger partial charge in [0.1, 0.15) is 116 Å². The summed E-state index contributed by atoms with van der Waals surface area (Å²) in [5.41, 5.74) is 0. The van der Waals surface area contributed by atoms with E-state index in [4.69, 9.17) is 66.4 Å². The number of hydrogen-bond acceptors (Lipinski definition) is 24. The maximum Gasteiger partial charge on any atom is 0.359 e. The number of quaternary nitrogens is 5. The first-order chi connectivity index (χ1) is 38.6. The van der Waals surface area contributed by atoms with Crippen molar-refractivity contribution in [2.75, 3.05) is 238 Å².